The molecule has 0 radical (unpaired) electrons. The number of thiocarbonyl (C=S) groups is 1. The van der Waals surface area contributed by atoms with Crippen molar-refractivity contribution in [2.24, 2.45) is 5.18 Å². The Labute approximate surface area is 45.3 Å². The van der Waals surface area contributed by atoms with Crippen LogP contribution in [-0.2, 0) is 4.18 Å². The van der Waals surface area contributed by atoms with E-state index in [1.807, 2.05) is 0 Å². The molecular formula is CHNO2S2. The lowest BCUT2D eigenvalue weighted by Gasteiger charge is -1.79. The molecule has 0 N–H and O–H groups in total. The van der Waals surface area contributed by atoms with Crippen LogP contribution < -0.4 is 0 Å². The Hall–Kier alpha value is -0.160. The molecule has 0 aromatic carbocycles. The van der Waals surface area contributed by atoms with Crippen LogP contribution in [0.15, 0.2) is 5.18 Å². The smallest absolute Gasteiger partial charge is 0.335 e. The number of nitroso groups, excluding NO2 is 1. The van der Waals surface area contributed by atoms with E-state index in [1.54, 1.807) is 0 Å². The zero-order valence-corrected chi connectivity index (χ0v) is 4.33. The van der Waals surface area contributed by atoms with Crippen LogP contribution in [0.25, 0.3) is 0 Å². The van der Waals surface area contributed by atoms with Crippen LogP contribution >= 0.6 is 25.1 Å². The molecule has 0 rings (SSSR count). The van der Waals surface area contributed by atoms with Crippen molar-refractivity contribution < 1.29 is 4.18 Å². The molecule has 34 valence electrons. The van der Waals surface area contributed by atoms with Crippen molar-refractivity contribution in [3.05, 3.63) is 4.91 Å². The van der Waals surface area contributed by atoms with Gasteiger partial charge in [0.1, 0.15) is 0 Å². The second kappa shape index (κ2) is 3.05. The van der Waals surface area contributed by atoms with Crippen LogP contribution in [0.2, 0.25) is 0 Å². The zero-order valence-electron chi connectivity index (χ0n) is 2.62. The Morgan fingerprint density at radius 3 is 2.50 bits per heavy atom. The van der Waals surface area contributed by atoms with E-state index in [4.69, 9.17) is 0 Å². The average Bonchev–Trinajstić information content (AvgIpc) is 1.65. The summed E-state index contributed by atoms with van der Waals surface area (Å²) in [6.45, 7) is 0. The van der Waals surface area contributed by atoms with E-state index in [2.05, 4.69) is 34.5 Å². The van der Waals surface area contributed by atoms with E-state index in [9.17, 15) is 4.91 Å². The number of thiol groups is 1. The van der Waals surface area contributed by atoms with Gasteiger partial charge < -0.3 is 4.18 Å². The molecule has 0 aliphatic heterocycles. The fourth-order valence-corrected chi connectivity index (χ4v) is 0.0500. The van der Waals surface area contributed by atoms with Crippen LogP contribution in [0.1, 0.15) is 0 Å². The van der Waals surface area contributed by atoms with Gasteiger partial charge in [-0.15, -0.1) is 4.91 Å². The fraction of sp³-hybridized carbons (Fsp3) is 0. The minimum Gasteiger partial charge on any atom is -0.396 e. The molecule has 0 unspecified atom stereocenters. The first kappa shape index (κ1) is 5.84. The third-order valence-corrected chi connectivity index (χ3v) is 0.607. The Morgan fingerprint density at radius 1 is 2.00 bits per heavy atom. The van der Waals surface area contributed by atoms with Gasteiger partial charge in [-0.2, -0.15) is 0 Å². The van der Waals surface area contributed by atoms with E-state index >= 15 is 0 Å². The van der Waals surface area contributed by atoms with E-state index in [0.717, 1.165) is 0 Å². The van der Waals surface area contributed by atoms with Gasteiger partial charge in [-0.25, -0.2) is 0 Å². The summed E-state index contributed by atoms with van der Waals surface area (Å²) in [4.78, 5) is 9.17. The lowest BCUT2D eigenvalue weighted by atomic mass is 11.4. The third kappa shape index (κ3) is 2.10. The van der Waals surface area contributed by atoms with Crippen LogP contribution in [0.3, 0.4) is 0 Å². The van der Waals surface area contributed by atoms with Crippen molar-refractivity contribution in [3.63, 3.8) is 0 Å². The Balaban J connectivity index is 3.23. The summed E-state index contributed by atoms with van der Waals surface area (Å²) >= 11 is 7.24. The molecule has 0 aliphatic carbocycles. The van der Waals surface area contributed by atoms with E-state index in [0.29, 0.717) is 0 Å². The summed E-state index contributed by atoms with van der Waals surface area (Å²) in [6.07, 6.45) is 0. The molecule has 0 heterocycles. The first-order valence-corrected chi connectivity index (χ1v) is 1.77. The predicted molar refractivity (Wildman–Crippen MR) is 28.5 cm³/mol. The summed E-state index contributed by atoms with van der Waals surface area (Å²) in [5, 5.41) is 1.80. The average molecular weight is 123 g/mol. The summed E-state index contributed by atoms with van der Waals surface area (Å²) in [6, 6.07) is 0. The summed E-state index contributed by atoms with van der Waals surface area (Å²) in [5.41, 5.74) is 0. The van der Waals surface area contributed by atoms with Gasteiger partial charge in [0.25, 0.3) is 0 Å². The van der Waals surface area contributed by atoms with Crippen molar-refractivity contribution in [2.75, 3.05) is 0 Å². The van der Waals surface area contributed by atoms with Crippen molar-refractivity contribution in [2.45, 2.75) is 0 Å². The summed E-state index contributed by atoms with van der Waals surface area (Å²) in [5.74, 6) is 0. The van der Waals surface area contributed by atoms with E-state index in [-0.39, 0.29) is 0 Å². The Morgan fingerprint density at radius 2 is 2.50 bits per heavy atom. The van der Waals surface area contributed by atoms with E-state index in [1.165, 1.54) is 0 Å². The highest BCUT2D eigenvalue weighted by Gasteiger charge is 1.84. The number of hydrogen-bond donors (Lipinski definition) is 1. The molecule has 0 atom stereocenters. The monoisotopic (exact) mass is 123 g/mol. The number of rotatable bonds is 0. The highest BCUT2D eigenvalue weighted by Crippen LogP contribution is 1.83. The zero-order chi connectivity index (χ0) is 4.99. The lowest BCUT2D eigenvalue weighted by Crippen LogP contribution is -1.81. The normalized spacial score (nSPS) is 6.83. The second-order valence-corrected chi connectivity index (χ2v) is 0.980. The van der Waals surface area contributed by atoms with Crippen molar-refractivity contribution in [1.82, 2.24) is 0 Å². The molecule has 0 spiro atoms. The molecule has 3 nitrogen and oxygen atoms in total. The van der Waals surface area contributed by atoms with Gasteiger partial charge in [0.2, 0.25) is 0 Å². The summed E-state index contributed by atoms with van der Waals surface area (Å²) in [7, 11) is 0. The van der Waals surface area contributed by atoms with Gasteiger partial charge in [0, 0.05) is 18.1 Å². The van der Waals surface area contributed by atoms with Crippen LogP contribution in [0.5, 0.6) is 0 Å². The maximum absolute atomic E-state index is 9.17. The number of nitrogens with zero attached hydrogens (tertiary/aromatic N) is 1. The molecule has 6 heavy (non-hydrogen) atoms. The Kier molecular flexibility index (Phi) is 2.97. The molecule has 0 amide bonds. The lowest BCUT2D eigenvalue weighted by molar-refractivity contribution is 0.666. The first-order chi connectivity index (χ1) is 2.81. The molecular weight excluding hydrogens is 122 g/mol. The van der Waals surface area contributed by atoms with Crippen LogP contribution in [0, 0.1) is 4.91 Å². The van der Waals surface area contributed by atoms with Gasteiger partial charge in [0.05, 0.1) is 0 Å². The molecule has 0 fully saturated rings. The number of hydrogen-bond acceptors (Lipinski definition) is 4. The molecule has 0 aromatic heterocycles. The minimum absolute atomic E-state index is 0.390. The summed E-state index contributed by atoms with van der Waals surface area (Å²) < 4.78 is 3.85. The highest BCUT2D eigenvalue weighted by molar-refractivity contribution is 7.82. The molecule has 0 aromatic rings. The molecule has 0 saturated carbocycles. The predicted octanol–water partition coefficient (Wildman–Crippen LogP) is 0.899. The second-order valence-electron chi connectivity index (χ2n) is 0.448. The topological polar surface area (TPSA) is 38.7 Å². The largest absolute Gasteiger partial charge is 0.396 e. The van der Waals surface area contributed by atoms with Crippen LogP contribution in [-0.4, -0.2) is 5.17 Å². The molecule has 0 bridgehead atoms. The van der Waals surface area contributed by atoms with Crippen LogP contribution in [0.4, 0.5) is 0 Å². The van der Waals surface area contributed by atoms with E-state index < -0.39 is 5.17 Å². The molecule has 5 heteroatoms. The third-order valence-electron chi connectivity index (χ3n) is 0.153. The standard InChI is InChI=1S/CHNO2S2/c3-2-1(5)4-6/h6H. The van der Waals surface area contributed by atoms with Crippen molar-refractivity contribution >= 4 is 30.3 Å². The van der Waals surface area contributed by atoms with Gasteiger partial charge in [-0.1, -0.05) is 0 Å². The Bertz CT molecular complexity index is 71.9. The van der Waals surface area contributed by atoms with Gasteiger partial charge in [-0.3, -0.25) is 0 Å². The highest BCUT2D eigenvalue weighted by atomic mass is 32.1. The first-order valence-electron chi connectivity index (χ1n) is 0.997. The van der Waals surface area contributed by atoms with Crippen molar-refractivity contribution in [1.29, 1.82) is 0 Å². The fourth-order valence-electron chi connectivity index (χ4n) is 0.0167. The quantitative estimate of drug-likeness (QED) is 0.225. The van der Waals surface area contributed by atoms with Crippen molar-refractivity contribution in [3.8, 4) is 0 Å². The molecule has 0 saturated heterocycles. The van der Waals surface area contributed by atoms with Gasteiger partial charge in [-0.05, 0) is 12.2 Å². The van der Waals surface area contributed by atoms with Gasteiger partial charge in [0.15, 0.2) is 0 Å². The van der Waals surface area contributed by atoms with Gasteiger partial charge >= 0.3 is 5.17 Å². The maximum atomic E-state index is 9.17. The minimum atomic E-state index is -0.390. The maximum Gasteiger partial charge on any atom is 0.335 e. The SMILES string of the molecule is O=NC(=S)OS. The molecule has 0 aliphatic rings.